The fourth-order valence-corrected chi connectivity index (χ4v) is 3.54. The lowest BCUT2D eigenvalue weighted by molar-refractivity contribution is -0.121. The van der Waals surface area contributed by atoms with Gasteiger partial charge >= 0.3 is 0 Å². The van der Waals surface area contributed by atoms with Crippen molar-refractivity contribution in [3.63, 3.8) is 0 Å². The van der Waals surface area contributed by atoms with Gasteiger partial charge in [-0.25, -0.2) is 0 Å². The average Bonchev–Trinajstić information content (AvgIpc) is 3.24. The van der Waals surface area contributed by atoms with Crippen LogP contribution in [0.2, 0.25) is 0 Å². The third kappa shape index (κ3) is 4.93. The van der Waals surface area contributed by atoms with Gasteiger partial charge in [0, 0.05) is 30.8 Å². The molecule has 5 nitrogen and oxygen atoms in total. The summed E-state index contributed by atoms with van der Waals surface area (Å²) in [6.07, 6.45) is 3.89. The zero-order valence-corrected chi connectivity index (χ0v) is 16.2. The highest BCUT2D eigenvalue weighted by Gasteiger charge is 2.21. The van der Waals surface area contributed by atoms with Crippen LogP contribution in [0.25, 0.3) is 0 Å². The first-order valence-corrected chi connectivity index (χ1v) is 9.91. The molecule has 1 aromatic heterocycles. The Kier molecular flexibility index (Phi) is 6.05. The molecular weight excluding hydrogens is 364 g/mol. The Morgan fingerprint density at radius 2 is 1.79 bits per heavy atom. The minimum Gasteiger partial charge on any atom is -0.454 e. The lowest BCUT2D eigenvalue weighted by atomic mass is 9.88. The molecule has 0 saturated heterocycles. The Bertz CT molecular complexity index is 945. The van der Waals surface area contributed by atoms with Gasteiger partial charge in [0.05, 0.1) is 0 Å². The van der Waals surface area contributed by atoms with Crippen molar-refractivity contribution in [3.8, 4) is 11.5 Å². The van der Waals surface area contributed by atoms with Crippen LogP contribution in [0.4, 0.5) is 0 Å². The summed E-state index contributed by atoms with van der Waals surface area (Å²) >= 11 is 0. The van der Waals surface area contributed by atoms with Crippen molar-refractivity contribution in [1.82, 2.24) is 10.3 Å². The highest BCUT2D eigenvalue weighted by molar-refractivity contribution is 5.77. The highest BCUT2D eigenvalue weighted by atomic mass is 16.7. The van der Waals surface area contributed by atoms with Gasteiger partial charge in [0.15, 0.2) is 11.5 Å². The predicted molar refractivity (Wildman–Crippen MR) is 111 cm³/mol. The number of carbonyl (C=O) groups excluding carboxylic acids is 1. The van der Waals surface area contributed by atoms with E-state index in [1.54, 1.807) is 6.20 Å². The molecule has 1 aliphatic heterocycles. The summed E-state index contributed by atoms with van der Waals surface area (Å²) in [6.45, 7) is 0.879. The number of nitrogens with zero attached hydrogens (tertiary/aromatic N) is 1. The molecule has 4 rings (SSSR count). The number of fused-ring (bicyclic) bond motifs is 1. The lowest BCUT2D eigenvalue weighted by Crippen LogP contribution is -2.26. The lowest BCUT2D eigenvalue weighted by Gasteiger charge is -2.18. The second-order valence-corrected chi connectivity index (χ2v) is 7.05. The molecule has 1 aliphatic rings. The summed E-state index contributed by atoms with van der Waals surface area (Å²) < 4.78 is 10.9. The van der Waals surface area contributed by atoms with E-state index in [-0.39, 0.29) is 18.6 Å². The maximum absolute atomic E-state index is 12.7. The second-order valence-electron chi connectivity index (χ2n) is 7.05. The number of nitrogens with one attached hydrogen (secondary N) is 1. The van der Waals surface area contributed by atoms with Crippen LogP contribution in [-0.4, -0.2) is 24.2 Å². The molecular formula is C24H24N2O3. The number of ether oxygens (including phenoxy) is 2. The molecule has 3 aromatic rings. The van der Waals surface area contributed by atoms with Crippen LogP contribution in [0.5, 0.6) is 11.5 Å². The molecule has 2 aromatic carbocycles. The second kappa shape index (κ2) is 9.24. The summed E-state index contributed by atoms with van der Waals surface area (Å²) in [7, 11) is 0. The van der Waals surface area contributed by atoms with Crippen LogP contribution in [0.3, 0.4) is 0 Å². The third-order valence-corrected chi connectivity index (χ3v) is 5.05. The number of pyridine rings is 1. The van der Waals surface area contributed by atoms with Crippen molar-refractivity contribution in [3.05, 3.63) is 89.7 Å². The number of benzene rings is 2. The molecule has 0 bridgehead atoms. The fraction of sp³-hybridized carbons (Fsp3) is 0.250. The van der Waals surface area contributed by atoms with Crippen molar-refractivity contribution in [2.75, 3.05) is 13.3 Å². The maximum atomic E-state index is 12.7. The Morgan fingerprint density at radius 1 is 0.966 bits per heavy atom. The fourth-order valence-electron chi connectivity index (χ4n) is 3.54. The number of rotatable bonds is 8. The number of aromatic nitrogens is 1. The molecule has 0 radical (unpaired) electrons. The van der Waals surface area contributed by atoms with E-state index in [4.69, 9.17) is 9.47 Å². The number of amides is 1. The van der Waals surface area contributed by atoms with Gasteiger partial charge in [-0.1, -0.05) is 42.5 Å². The Labute approximate surface area is 170 Å². The first-order valence-electron chi connectivity index (χ1n) is 9.91. The molecule has 0 aliphatic carbocycles. The molecule has 148 valence electrons. The van der Waals surface area contributed by atoms with E-state index in [0.29, 0.717) is 13.0 Å². The Balaban J connectivity index is 1.40. The van der Waals surface area contributed by atoms with Crippen LogP contribution in [0, 0.1) is 0 Å². The van der Waals surface area contributed by atoms with E-state index in [9.17, 15) is 4.79 Å². The molecule has 0 spiro atoms. The molecule has 1 atom stereocenters. The molecule has 0 saturated carbocycles. The van der Waals surface area contributed by atoms with Gasteiger partial charge < -0.3 is 14.8 Å². The zero-order chi connectivity index (χ0) is 19.9. The molecule has 1 amide bonds. The molecule has 2 heterocycles. The first kappa shape index (κ1) is 19.0. The van der Waals surface area contributed by atoms with E-state index in [1.807, 2.05) is 54.6 Å². The third-order valence-electron chi connectivity index (χ3n) is 5.05. The number of aryl methyl sites for hydroxylation is 1. The largest absolute Gasteiger partial charge is 0.454 e. The highest BCUT2D eigenvalue weighted by Crippen LogP contribution is 2.37. The maximum Gasteiger partial charge on any atom is 0.231 e. The molecule has 0 unspecified atom stereocenters. The van der Waals surface area contributed by atoms with E-state index in [1.165, 1.54) is 0 Å². The van der Waals surface area contributed by atoms with Crippen LogP contribution >= 0.6 is 0 Å². The summed E-state index contributed by atoms with van der Waals surface area (Å²) in [5, 5.41) is 3.05. The molecule has 1 N–H and O–H groups in total. The standard InChI is InChI=1S/C24H24N2O3/c27-24(26-14-6-10-20-9-4-5-13-25-20)16-21(18-7-2-1-3-8-18)19-11-12-22-23(15-19)29-17-28-22/h1-5,7-9,11-13,15,21H,6,10,14,16-17H2,(H,26,27)/t21-/m0/s1. The van der Waals surface area contributed by atoms with Crippen molar-refractivity contribution >= 4 is 5.91 Å². The zero-order valence-electron chi connectivity index (χ0n) is 16.2. The molecule has 0 fully saturated rings. The minimum absolute atomic E-state index is 0.0394. The van der Waals surface area contributed by atoms with Crippen molar-refractivity contribution in [1.29, 1.82) is 0 Å². The topological polar surface area (TPSA) is 60.5 Å². The van der Waals surface area contributed by atoms with Crippen molar-refractivity contribution in [2.45, 2.75) is 25.2 Å². The molecule has 29 heavy (non-hydrogen) atoms. The predicted octanol–water partition coefficient (Wildman–Crippen LogP) is 4.08. The summed E-state index contributed by atoms with van der Waals surface area (Å²) in [5.74, 6) is 1.48. The molecule has 5 heteroatoms. The van der Waals surface area contributed by atoms with Crippen LogP contribution in [0.15, 0.2) is 72.9 Å². The van der Waals surface area contributed by atoms with Crippen molar-refractivity contribution < 1.29 is 14.3 Å². The van der Waals surface area contributed by atoms with Crippen LogP contribution < -0.4 is 14.8 Å². The Morgan fingerprint density at radius 3 is 2.62 bits per heavy atom. The monoisotopic (exact) mass is 388 g/mol. The van der Waals surface area contributed by atoms with E-state index < -0.39 is 0 Å². The quantitative estimate of drug-likeness (QED) is 0.591. The van der Waals surface area contributed by atoms with Crippen LogP contribution in [-0.2, 0) is 11.2 Å². The summed E-state index contributed by atoms with van der Waals surface area (Å²) in [5.41, 5.74) is 3.20. The van der Waals surface area contributed by atoms with E-state index >= 15 is 0 Å². The van der Waals surface area contributed by atoms with Gasteiger partial charge in [-0.2, -0.15) is 0 Å². The summed E-state index contributed by atoms with van der Waals surface area (Å²) in [6, 6.07) is 21.9. The number of carbonyl (C=O) groups is 1. The van der Waals surface area contributed by atoms with Crippen molar-refractivity contribution in [2.24, 2.45) is 0 Å². The smallest absolute Gasteiger partial charge is 0.231 e. The van der Waals surface area contributed by atoms with Gasteiger partial charge in [-0.05, 0) is 48.2 Å². The minimum atomic E-state index is -0.0403. The van der Waals surface area contributed by atoms with Gasteiger partial charge in [-0.3, -0.25) is 9.78 Å². The first-order chi connectivity index (χ1) is 14.3. The number of hydrogen-bond acceptors (Lipinski definition) is 4. The normalized spacial score (nSPS) is 13.1. The average molecular weight is 388 g/mol. The SMILES string of the molecule is O=C(C[C@@H](c1ccccc1)c1ccc2c(c1)OCO2)NCCCc1ccccn1. The number of hydrogen-bond donors (Lipinski definition) is 1. The van der Waals surface area contributed by atoms with E-state index in [2.05, 4.69) is 22.4 Å². The van der Waals surface area contributed by atoms with Gasteiger partial charge in [0.1, 0.15) is 0 Å². The van der Waals surface area contributed by atoms with Gasteiger partial charge in [0.2, 0.25) is 12.7 Å². The van der Waals surface area contributed by atoms with Crippen LogP contribution in [0.1, 0.15) is 35.6 Å². The van der Waals surface area contributed by atoms with Gasteiger partial charge in [-0.15, -0.1) is 0 Å². The van der Waals surface area contributed by atoms with Gasteiger partial charge in [0.25, 0.3) is 0 Å². The van der Waals surface area contributed by atoms with E-state index in [0.717, 1.165) is 41.2 Å². The summed E-state index contributed by atoms with van der Waals surface area (Å²) in [4.78, 5) is 17.0. The Hall–Kier alpha value is -3.34.